The van der Waals surface area contributed by atoms with Crippen molar-refractivity contribution in [3.63, 3.8) is 0 Å². The van der Waals surface area contributed by atoms with Crippen LogP contribution in [0.25, 0.3) is 0 Å². The first-order valence-corrected chi connectivity index (χ1v) is 8.57. The van der Waals surface area contributed by atoms with Crippen LogP contribution in [0.1, 0.15) is 15.9 Å². The quantitative estimate of drug-likeness (QED) is 0.854. The number of hydrogen-bond acceptors (Lipinski definition) is 4. The average molecular weight is 360 g/mol. The van der Waals surface area contributed by atoms with Crippen molar-refractivity contribution in [1.29, 1.82) is 0 Å². The number of hydrazone groups is 1. The van der Waals surface area contributed by atoms with Gasteiger partial charge in [0.1, 0.15) is 0 Å². The lowest BCUT2D eigenvalue weighted by atomic mass is 10.2. The van der Waals surface area contributed by atoms with E-state index in [1.807, 2.05) is 31.2 Å². The Hall–Kier alpha value is -2.31. The molecule has 0 aromatic heterocycles. The van der Waals surface area contributed by atoms with E-state index in [4.69, 9.17) is 11.6 Å². The summed E-state index contributed by atoms with van der Waals surface area (Å²) in [5, 5.41) is 5.03. The highest BCUT2D eigenvalue weighted by molar-refractivity contribution is 8.15. The van der Waals surface area contributed by atoms with Crippen molar-refractivity contribution in [3.8, 4) is 0 Å². The predicted molar refractivity (Wildman–Crippen MR) is 97.5 cm³/mol. The van der Waals surface area contributed by atoms with E-state index in [2.05, 4.69) is 10.5 Å². The number of amides is 2. The minimum absolute atomic E-state index is 0.0682. The number of carbonyl (C=O) groups excluding carboxylic acids is 2. The number of aryl methyl sites for hydroxylation is 1. The number of thioether (sulfide) groups is 1. The van der Waals surface area contributed by atoms with Crippen molar-refractivity contribution in [2.45, 2.75) is 6.92 Å². The van der Waals surface area contributed by atoms with Gasteiger partial charge in [-0.1, -0.05) is 41.6 Å². The molecule has 1 fully saturated rings. The van der Waals surface area contributed by atoms with Crippen LogP contribution in [-0.4, -0.2) is 22.7 Å². The second-order valence-electron chi connectivity index (χ2n) is 5.20. The van der Waals surface area contributed by atoms with Crippen LogP contribution in [0.5, 0.6) is 0 Å². The molecule has 0 aliphatic carbocycles. The minimum Gasteiger partial charge on any atom is -0.273 e. The zero-order valence-electron chi connectivity index (χ0n) is 12.8. The molecule has 1 saturated heterocycles. The third-order valence-corrected chi connectivity index (χ3v) is 4.52. The lowest BCUT2D eigenvalue weighted by molar-refractivity contribution is -0.115. The summed E-state index contributed by atoms with van der Waals surface area (Å²) < 4.78 is 0. The summed E-state index contributed by atoms with van der Waals surface area (Å²) in [6.45, 7) is 1.95. The Labute approximate surface area is 148 Å². The maximum atomic E-state index is 12.1. The van der Waals surface area contributed by atoms with Crippen LogP contribution in [0.15, 0.2) is 53.6 Å². The third-order valence-electron chi connectivity index (χ3n) is 3.37. The maximum absolute atomic E-state index is 12.1. The Balaban J connectivity index is 1.81. The summed E-state index contributed by atoms with van der Waals surface area (Å²) >= 11 is 7.17. The van der Waals surface area contributed by atoms with Crippen LogP contribution in [0, 0.1) is 6.92 Å². The Bertz CT molecular complexity index is 838. The number of rotatable bonds is 3. The van der Waals surface area contributed by atoms with E-state index < -0.39 is 0 Å². The Morgan fingerprint density at radius 3 is 2.79 bits per heavy atom. The Kier molecular flexibility index (Phi) is 4.87. The number of hydrogen-bond donors (Lipinski definition) is 1. The van der Waals surface area contributed by atoms with Gasteiger partial charge < -0.3 is 0 Å². The van der Waals surface area contributed by atoms with Gasteiger partial charge >= 0.3 is 0 Å². The van der Waals surface area contributed by atoms with E-state index in [9.17, 15) is 9.59 Å². The molecule has 122 valence electrons. The fraction of sp³-hybridized carbons (Fsp3) is 0.118. The molecule has 1 aliphatic heterocycles. The van der Waals surface area contributed by atoms with Crippen molar-refractivity contribution in [2.75, 3.05) is 10.7 Å². The molecular formula is C17H14ClN3O2S. The molecule has 0 saturated carbocycles. The molecule has 0 spiro atoms. The normalized spacial score (nSPS) is 15.8. The summed E-state index contributed by atoms with van der Waals surface area (Å²) in [7, 11) is 0. The van der Waals surface area contributed by atoms with Crippen molar-refractivity contribution in [3.05, 3.63) is 64.7 Å². The number of amidine groups is 1. The number of anilines is 1. The topological polar surface area (TPSA) is 61.8 Å². The largest absolute Gasteiger partial charge is 0.273 e. The van der Waals surface area contributed by atoms with E-state index in [1.165, 1.54) is 16.7 Å². The molecule has 2 amide bonds. The zero-order valence-corrected chi connectivity index (χ0v) is 14.4. The number of carbonyl (C=O) groups is 2. The molecule has 5 nitrogen and oxygen atoms in total. The monoisotopic (exact) mass is 359 g/mol. The van der Waals surface area contributed by atoms with Gasteiger partial charge in [-0.3, -0.25) is 14.5 Å². The van der Waals surface area contributed by atoms with E-state index in [-0.39, 0.29) is 11.8 Å². The molecule has 1 heterocycles. The standard InChI is InChI=1S/C17H14ClN3O2S/c1-11-4-2-7-14(8-11)21-15(22)10-24-17(21)20-19-16(23)12-5-3-6-13(18)9-12/h2-9H,10H2,1H3,(H,19,23)/b20-17+. The van der Waals surface area contributed by atoms with Crippen molar-refractivity contribution in [2.24, 2.45) is 5.10 Å². The summed E-state index contributed by atoms with van der Waals surface area (Å²) in [5.41, 5.74) is 4.66. The molecule has 7 heteroatoms. The van der Waals surface area contributed by atoms with Gasteiger partial charge in [0, 0.05) is 10.6 Å². The van der Waals surface area contributed by atoms with Crippen LogP contribution in [0.3, 0.4) is 0 Å². The summed E-state index contributed by atoms with van der Waals surface area (Å²) in [4.78, 5) is 25.8. The molecule has 1 aliphatic rings. The minimum atomic E-state index is -0.380. The second kappa shape index (κ2) is 7.07. The lowest BCUT2D eigenvalue weighted by Crippen LogP contribution is -2.31. The molecule has 0 radical (unpaired) electrons. The van der Waals surface area contributed by atoms with E-state index in [0.717, 1.165) is 11.3 Å². The zero-order chi connectivity index (χ0) is 17.1. The highest BCUT2D eigenvalue weighted by Crippen LogP contribution is 2.27. The highest BCUT2D eigenvalue weighted by Gasteiger charge is 2.30. The van der Waals surface area contributed by atoms with Crippen molar-refractivity contribution < 1.29 is 9.59 Å². The van der Waals surface area contributed by atoms with Gasteiger partial charge in [0.05, 0.1) is 11.4 Å². The first-order valence-electron chi connectivity index (χ1n) is 7.20. The van der Waals surface area contributed by atoms with Crippen LogP contribution < -0.4 is 10.3 Å². The Morgan fingerprint density at radius 1 is 1.25 bits per heavy atom. The fourth-order valence-corrected chi connectivity index (χ4v) is 3.28. The molecule has 0 bridgehead atoms. The first-order chi connectivity index (χ1) is 11.5. The number of halogens is 1. The maximum Gasteiger partial charge on any atom is 0.271 e. The SMILES string of the molecule is Cc1cccc(N2C(=O)CS/C2=N/NC(=O)c2cccc(Cl)c2)c1. The van der Waals surface area contributed by atoms with E-state index in [0.29, 0.717) is 21.5 Å². The summed E-state index contributed by atoms with van der Waals surface area (Å²) in [5.74, 6) is -0.157. The fourth-order valence-electron chi connectivity index (χ4n) is 2.26. The van der Waals surface area contributed by atoms with Crippen LogP contribution in [-0.2, 0) is 4.79 Å². The number of benzene rings is 2. The van der Waals surface area contributed by atoms with Gasteiger partial charge in [0.15, 0.2) is 5.17 Å². The molecule has 3 rings (SSSR count). The molecule has 2 aromatic carbocycles. The molecule has 0 atom stereocenters. The third kappa shape index (κ3) is 3.60. The van der Waals surface area contributed by atoms with Crippen LogP contribution in [0.2, 0.25) is 5.02 Å². The average Bonchev–Trinajstić information content (AvgIpc) is 2.93. The summed E-state index contributed by atoms with van der Waals surface area (Å²) in [6.07, 6.45) is 0. The van der Waals surface area contributed by atoms with Gasteiger partial charge in [0.2, 0.25) is 5.91 Å². The molecule has 2 aromatic rings. The highest BCUT2D eigenvalue weighted by atomic mass is 35.5. The van der Waals surface area contributed by atoms with E-state index in [1.54, 1.807) is 24.3 Å². The molecule has 24 heavy (non-hydrogen) atoms. The smallest absolute Gasteiger partial charge is 0.271 e. The van der Waals surface area contributed by atoms with Gasteiger partial charge in [0.25, 0.3) is 5.91 Å². The van der Waals surface area contributed by atoms with Gasteiger partial charge in [-0.2, -0.15) is 0 Å². The molecular weight excluding hydrogens is 346 g/mol. The van der Waals surface area contributed by atoms with Crippen molar-refractivity contribution in [1.82, 2.24) is 5.43 Å². The predicted octanol–water partition coefficient (Wildman–Crippen LogP) is 3.43. The summed E-state index contributed by atoms with van der Waals surface area (Å²) in [6, 6.07) is 14.2. The lowest BCUT2D eigenvalue weighted by Gasteiger charge is -2.16. The molecule has 0 unspecified atom stereocenters. The number of nitrogens with zero attached hydrogens (tertiary/aromatic N) is 2. The van der Waals surface area contributed by atoms with Gasteiger partial charge in [-0.25, -0.2) is 5.43 Å². The van der Waals surface area contributed by atoms with Crippen molar-refractivity contribution >= 4 is 46.0 Å². The Morgan fingerprint density at radius 2 is 2.04 bits per heavy atom. The molecule has 1 N–H and O–H groups in total. The van der Waals surface area contributed by atoms with Crippen LogP contribution >= 0.6 is 23.4 Å². The van der Waals surface area contributed by atoms with Gasteiger partial charge in [-0.15, -0.1) is 5.10 Å². The van der Waals surface area contributed by atoms with E-state index >= 15 is 0 Å². The first kappa shape index (κ1) is 16.5. The van der Waals surface area contributed by atoms with Crippen LogP contribution in [0.4, 0.5) is 5.69 Å². The second-order valence-corrected chi connectivity index (χ2v) is 6.58. The van der Waals surface area contributed by atoms with Gasteiger partial charge in [-0.05, 0) is 42.8 Å². The number of nitrogens with one attached hydrogen (secondary N) is 1.